The zero-order valence-electron chi connectivity index (χ0n) is 13.4. The first-order valence-corrected chi connectivity index (χ1v) is 8.48. The molecule has 1 aromatic heterocycles. The normalized spacial score (nSPS) is 11.4. The second-order valence-corrected chi connectivity index (χ2v) is 6.78. The first kappa shape index (κ1) is 17.4. The molecule has 24 heavy (non-hydrogen) atoms. The smallest absolute Gasteiger partial charge is 0.267 e. The van der Waals surface area contributed by atoms with Crippen molar-refractivity contribution in [2.24, 2.45) is 7.05 Å². The van der Waals surface area contributed by atoms with Gasteiger partial charge in [0.2, 0.25) is 0 Å². The van der Waals surface area contributed by atoms with E-state index in [0.29, 0.717) is 22.5 Å². The number of rotatable bonds is 4. The lowest BCUT2D eigenvalue weighted by atomic mass is 10.1. The van der Waals surface area contributed by atoms with Gasteiger partial charge in [0.05, 0.1) is 23.0 Å². The molecule has 124 valence electrons. The van der Waals surface area contributed by atoms with E-state index >= 15 is 0 Å². The highest BCUT2D eigenvalue weighted by molar-refractivity contribution is 7.90. The van der Waals surface area contributed by atoms with Crippen LogP contribution in [0.15, 0.2) is 35.2 Å². The largest absolute Gasteiger partial charge is 0.271 e. The van der Waals surface area contributed by atoms with Crippen LogP contribution < -0.4 is 4.72 Å². The number of benzene rings is 1. The predicted molar refractivity (Wildman–Crippen MR) is 88.2 cm³/mol. The van der Waals surface area contributed by atoms with Crippen LogP contribution in [0.25, 0.3) is 6.08 Å². The van der Waals surface area contributed by atoms with Crippen molar-refractivity contribution >= 4 is 22.0 Å². The maximum absolute atomic E-state index is 12.3. The minimum atomic E-state index is -4.00. The number of sulfonamides is 1. The van der Waals surface area contributed by atoms with Crippen LogP contribution in [0, 0.1) is 25.2 Å². The van der Waals surface area contributed by atoms with Crippen molar-refractivity contribution in [1.29, 1.82) is 5.26 Å². The minimum Gasteiger partial charge on any atom is -0.271 e. The van der Waals surface area contributed by atoms with Gasteiger partial charge in [-0.25, -0.2) is 13.1 Å². The van der Waals surface area contributed by atoms with Gasteiger partial charge < -0.3 is 0 Å². The molecule has 0 unspecified atom stereocenters. The lowest BCUT2D eigenvalue weighted by Crippen LogP contribution is -2.29. The Kier molecular flexibility index (Phi) is 4.85. The van der Waals surface area contributed by atoms with Gasteiger partial charge in [-0.2, -0.15) is 10.4 Å². The summed E-state index contributed by atoms with van der Waals surface area (Å²) in [4.78, 5) is 11.9. The van der Waals surface area contributed by atoms with Gasteiger partial charge in [-0.1, -0.05) is 12.1 Å². The summed E-state index contributed by atoms with van der Waals surface area (Å²) in [7, 11) is -2.37. The maximum Gasteiger partial charge on any atom is 0.267 e. The Balaban J connectivity index is 2.19. The molecule has 2 aromatic rings. The lowest BCUT2D eigenvalue weighted by Gasteiger charge is -2.05. The number of nitrogens with zero attached hydrogens (tertiary/aromatic N) is 3. The molecule has 2 rings (SSSR count). The van der Waals surface area contributed by atoms with E-state index in [9.17, 15) is 13.2 Å². The molecule has 0 atom stereocenters. The van der Waals surface area contributed by atoms with Gasteiger partial charge in [-0.15, -0.1) is 0 Å². The topological polar surface area (TPSA) is 105 Å². The summed E-state index contributed by atoms with van der Waals surface area (Å²) in [6, 6.07) is 8.59. The van der Waals surface area contributed by atoms with Gasteiger partial charge in [0.1, 0.15) is 4.90 Å². The number of nitrogens with one attached hydrogen (secondary N) is 1. The molecule has 7 nitrogen and oxygen atoms in total. The van der Waals surface area contributed by atoms with Crippen LogP contribution in [-0.4, -0.2) is 24.1 Å². The second-order valence-electron chi connectivity index (χ2n) is 5.16. The molecule has 0 saturated heterocycles. The van der Waals surface area contributed by atoms with E-state index in [0.717, 1.165) is 6.08 Å². The van der Waals surface area contributed by atoms with E-state index < -0.39 is 15.9 Å². The van der Waals surface area contributed by atoms with E-state index in [1.54, 1.807) is 45.2 Å². The Hall–Kier alpha value is -2.92. The molecule has 1 aromatic carbocycles. The van der Waals surface area contributed by atoms with Crippen molar-refractivity contribution < 1.29 is 13.2 Å². The molecule has 8 heteroatoms. The van der Waals surface area contributed by atoms with Crippen molar-refractivity contribution in [2.45, 2.75) is 18.7 Å². The van der Waals surface area contributed by atoms with E-state index in [1.807, 2.05) is 10.8 Å². The average molecular weight is 344 g/mol. The zero-order valence-corrected chi connectivity index (χ0v) is 14.3. The van der Waals surface area contributed by atoms with Gasteiger partial charge in [0.25, 0.3) is 15.9 Å². The molecule has 0 saturated carbocycles. The maximum atomic E-state index is 12.3. The third-order valence-electron chi connectivity index (χ3n) is 3.39. The highest BCUT2D eigenvalue weighted by Gasteiger charge is 2.24. The predicted octanol–water partition coefficient (Wildman–Crippen LogP) is 1.43. The zero-order chi connectivity index (χ0) is 17.9. The van der Waals surface area contributed by atoms with Crippen LogP contribution in [0.5, 0.6) is 0 Å². The average Bonchev–Trinajstić information content (AvgIpc) is 2.78. The number of aryl methyl sites for hydroxylation is 2. The molecule has 1 amide bonds. The molecule has 1 heterocycles. The first-order chi connectivity index (χ1) is 11.2. The van der Waals surface area contributed by atoms with Crippen molar-refractivity contribution in [1.82, 2.24) is 14.5 Å². The molecule has 0 radical (unpaired) electrons. The van der Waals surface area contributed by atoms with Crippen LogP contribution in [0.3, 0.4) is 0 Å². The fourth-order valence-electron chi connectivity index (χ4n) is 2.24. The Labute approximate surface area is 140 Å². The summed E-state index contributed by atoms with van der Waals surface area (Å²) >= 11 is 0. The third-order valence-corrected chi connectivity index (χ3v) is 4.99. The number of carbonyl (C=O) groups is 1. The first-order valence-electron chi connectivity index (χ1n) is 7.00. The van der Waals surface area contributed by atoms with E-state index in [4.69, 9.17) is 5.26 Å². The third kappa shape index (κ3) is 3.70. The standard InChI is InChI=1S/C16H16N4O3S/c1-11-16(12(2)20(3)18-11)24(22,23)19-15(21)8-7-13-5-4-6-14(9-13)10-17/h4-9H,1-3H3,(H,19,21)/b8-7+. The van der Waals surface area contributed by atoms with Crippen molar-refractivity contribution in [3.63, 3.8) is 0 Å². The van der Waals surface area contributed by atoms with E-state index in [-0.39, 0.29) is 4.90 Å². The van der Waals surface area contributed by atoms with Gasteiger partial charge in [-0.3, -0.25) is 9.48 Å². The Morgan fingerprint density at radius 2 is 2.08 bits per heavy atom. The van der Waals surface area contributed by atoms with Gasteiger partial charge in [-0.05, 0) is 37.6 Å². The Bertz CT molecular complexity index is 966. The molecule has 0 aliphatic rings. The summed E-state index contributed by atoms with van der Waals surface area (Å²) in [6.07, 6.45) is 2.55. The summed E-state index contributed by atoms with van der Waals surface area (Å²) in [5.41, 5.74) is 1.83. The fraction of sp³-hybridized carbons (Fsp3) is 0.188. The Morgan fingerprint density at radius 3 is 2.67 bits per heavy atom. The van der Waals surface area contributed by atoms with Crippen LogP contribution in [0.4, 0.5) is 0 Å². The van der Waals surface area contributed by atoms with Gasteiger partial charge >= 0.3 is 0 Å². The second kappa shape index (κ2) is 6.68. The summed E-state index contributed by atoms with van der Waals surface area (Å²) in [5.74, 6) is -0.778. The summed E-state index contributed by atoms with van der Waals surface area (Å²) in [5, 5.41) is 12.9. The SMILES string of the molecule is Cc1nn(C)c(C)c1S(=O)(=O)NC(=O)/C=C/c1cccc(C#N)c1. The molecule has 0 spiro atoms. The minimum absolute atomic E-state index is 0.00164. The van der Waals surface area contributed by atoms with E-state index in [1.165, 1.54) is 10.8 Å². The number of aromatic nitrogens is 2. The fourth-order valence-corrected chi connectivity index (χ4v) is 3.63. The van der Waals surface area contributed by atoms with Gasteiger partial charge in [0, 0.05) is 13.1 Å². The number of nitriles is 1. The molecular formula is C16H16N4O3S. The monoisotopic (exact) mass is 344 g/mol. The Morgan fingerprint density at radius 1 is 1.38 bits per heavy atom. The van der Waals surface area contributed by atoms with Gasteiger partial charge in [0.15, 0.2) is 0 Å². The van der Waals surface area contributed by atoms with E-state index in [2.05, 4.69) is 5.10 Å². The highest BCUT2D eigenvalue weighted by Crippen LogP contribution is 2.18. The molecule has 1 N–H and O–H groups in total. The van der Waals surface area contributed by atoms with Crippen LogP contribution >= 0.6 is 0 Å². The molecule has 0 fully saturated rings. The number of amides is 1. The number of carbonyl (C=O) groups excluding carboxylic acids is 1. The molecular weight excluding hydrogens is 328 g/mol. The number of hydrogen-bond donors (Lipinski definition) is 1. The molecule has 0 aliphatic carbocycles. The van der Waals surface area contributed by atoms with Crippen LogP contribution in [0.1, 0.15) is 22.5 Å². The lowest BCUT2D eigenvalue weighted by molar-refractivity contribution is -0.114. The van der Waals surface area contributed by atoms with Crippen molar-refractivity contribution in [2.75, 3.05) is 0 Å². The van der Waals surface area contributed by atoms with Crippen molar-refractivity contribution in [3.05, 3.63) is 52.9 Å². The van der Waals surface area contributed by atoms with Crippen molar-refractivity contribution in [3.8, 4) is 6.07 Å². The quantitative estimate of drug-likeness (QED) is 0.845. The summed E-state index contributed by atoms with van der Waals surface area (Å²) < 4.78 is 28.1. The highest BCUT2D eigenvalue weighted by atomic mass is 32.2. The summed E-state index contributed by atoms with van der Waals surface area (Å²) in [6.45, 7) is 3.18. The molecule has 0 aliphatic heterocycles. The van der Waals surface area contributed by atoms with Crippen LogP contribution in [0.2, 0.25) is 0 Å². The number of hydrogen-bond acceptors (Lipinski definition) is 5. The molecule has 0 bridgehead atoms. The van der Waals surface area contributed by atoms with Crippen LogP contribution in [-0.2, 0) is 21.9 Å².